The van der Waals surface area contributed by atoms with E-state index in [2.05, 4.69) is 10.6 Å². The number of aliphatic carboxylic acids is 1. The summed E-state index contributed by atoms with van der Waals surface area (Å²) in [5.41, 5.74) is 5.24. The van der Waals surface area contributed by atoms with Crippen molar-refractivity contribution in [1.29, 1.82) is 0 Å². The van der Waals surface area contributed by atoms with Crippen LogP contribution in [0, 0.1) is 0 Å². The summed E-state index contributed by atoms with van der Waals surface area (Å²) in [5, 5.41) is 42.2. The average molecular weight is 335 g/mol. The second-order valence-corrected chi connectivity index (χ2v) is 5.20. The number of aliphatic hydroxyl groups is 3. The van der Waals surface area contributed by atoms with E-state index in [0.29, 0.717) is 0 Å². The normalized spacial score (nSPS) is 32.0. The molecule has 0 aliphatic carbocycles. The van der Waals surface area contributed by atoms with E-state index in [1.165, 1.54) is 0 Å². The Kier molecular flexibility index (Phi) is 6.84. The molecule has 132 valence electrons. The van der Waals surface area contributed by atoms with Crippen molar-refractivity contribution in [2.45, 2.75) is 50.0 Å². The number of nitrogens with two attached hydrogens (primary N) is 1. The Bertz CT molecular complexity index is 460. The van der Waals surface area contributed by atoms with Gasteiger partial charge in [-0.3, -0.25) is 14.4 Å². The van der Waals surface area contributed by atoms with Gasteiger partial charge in [0.2, 0.25) is 11.8 Å². The van der Waals surface area contributed by atoms with E-state index in [1.54, 1.807) is 0 Å². The zero-order chi connectivity index (χ0) is 17.7. The van der Waals surface area contributed by atoms with Crippen LogP contribution >= 0.6 is 0 Å². The maximum Gasteiger partial charge on any atom is 0.321 e. The zero-order valence-electron chi connectivity index (χ0n) is 12.4. The second-order valence-electron chi connectivity index (χ2n) is 5.20. The van der Waals surface area contributed by atoms with Gasteiger partial charge < -0.3 is 41.5 Å². The zero-order valence-corrected chi connectivity index (χ0v) is 12.4. The number of hydrogen-bond acceptors (Lipinski definition) is 8. The molecular weight excluding hydrogens is 314 g/mol. The molecule has 0 spiro atoms. The van der Waals surface area contributed by atoms with E-state index in [1.807, 2.05) is 0 Å². The average Bonchev–Trinajstić information content (AvgIpc) is 2.46. The fourth-order valence-corrected chi connectivity index (χ4v) is 2.14. The molecule has 6 atom stereocenters. The molecule has 0 unspecified atom stereocenters. The molecule has 1 rings (SSSR count). The summed E-state index contributed by atoms with van der Waals surface area (Å²) in [4.78, 5) is 33.6. The van der Waals surface area contributed by atoms with Gasteiger partial charge in [0.15, 0.2) is 6.23 Å². The van der Waals surface area contributed by atoms with Gasteiger partial charge in [0.25, 0.3) is 0 Å². The van der Waals surface area contributed by atoms with Crippen LogP contribution in [0.2, 0.25) is 0 Å². The quantitative estimate of drug-likeness (QED) is 0.252. The van der Waals surface area contributed by atoms with Gasteiger partial charge in [0, 0.05) is 6.92 Å². The highest BCUT2D eigenvalue weighted by molar-refractivity contribution is 5.84. The molecule has 1 aliphatic heterocycles. The van der Waals surface area contributed by atoms with Crippen LogP contribution < -0.4 is 16.4 Å². The van der Waals surface area contributed by atoms with Crippen LogP contribution in [0.15, 0.2) is 0 Å². The Morgan fingerprint density at radius 2 is 1.83 bits per heavy atom. The molecule has 11 heteroatoms. The molecular formula is C12H21N3O8. The summed E-state index contributed by atoms with van der Waals surface area (Å²) in [6.45, 7) is 0.530. The monoisotopic (exact) mass is 335 g/mol. The topological polar surface area (TPSA) is 191 Å². The number of carboxylic acid groups (broad SMARTS) is 1. The van der Waals surface area contributed by atoms with Crippen LogP contribution in [0.1, 0.15) is 13.3 Å². The SMILES string of the molecule is CC(=O)N[C@H]1[C@@H](O)[C@@H](O)[C@@H](CO)O[C@H]1NC(=O)C[C@H](N)C(=O)O. The van der Waals surface area contributed by atoms with E-state index in [9.17, 15) is 24.6 Å². The minimum atomic E-state index is -1.51. The van der Waals surface area contributed by atoms with Crippen molar-refractivity contribution in [3.8, 4) is 0 Å². The fraction of sp³-hybridized carbons (Fsp3) is 0.750. The third-order valence-corrected chi connectivity index (χ3v) is 3.32. The van der Waals surface area contributed by atoms with E-state index in [0.717, 1.165) is 6.92 Å². The van der Waals surface area contributed by atoms with Crippen molar-refractivity contribution in [2.24, 2.45) is 5.73 Å². The maximum absolute atomic E-state index is 11.8. The van der Waals surface area contributed by atoms with Gasteiger partial charge in [-0.05, 0) is 0 Å². The number of nitrogens with one attached hydrogen (secondary N) is 2. The highest BCUT2D eigenvalue weighted by atomic mass is 16.5. The van der Waals surface area contributed by atoms with Crippen molar-refractivity contribution >= 4 is 17.8 Å². The molecule has 2 amide bonds. The third kappa shape index (κ3) is 5.11. The molecule has 11 nitrogen and oxygen atoms in total. The van der Waals surface area contributed by atoms with Gasteiger partial charge >= 0.3 is 5.97 Å². The third-order valence-electron chi connectivity index (χ3n) is 3.32. The first-order valence-electron chi connectivity index (χ1n) is 6.84. The summed E-state index contributed by atoms with van der Waals surface area (Å²) < 4.78 is 5.25. The number of ether oxygens (including phenoxy) is 1. The van der Waals surface area contributed by atoms with Gasteiger partial charge in [-0.1, -0.05) is 0 Å². The summed E-state index contributed by atoms with van der Waals surface area (Å²) in [5.74, 6) is -2.71. The van der Waals surface area contributed by atoms with E-state index in [4.69, 9.17) is 20.7 Å². The molecule has 23 heavy (non-hydrogen) atoms. The summed E-state index contributed by atoms with van der Waals surface area (Å²) in [7, 11) is 0. The van der Waals surface area contributed by atoms with Crippen molar-refractivity contribution in [2.75, 3.05) is 6.61 Å². The standard InChI is InChI=1S/C12H21N3O8/c1-4(17)14-8-10(20)9(19)6(3-16)23-11(8)15-7(18)2-5(13)12(21)22/h5-6,8-11,16,19-20H,2-3,13H2,1H3,(H,14,17)(H,15,18)(H,21,22)/t5-,6+,8-,9-,10+,11+/m0/s1. The van der Waals surface area contributed by atoms with E-state index in [-0.39, 0.29) is 0 Å². The Morgan fingerprint density at radius 3 is 2.30 bits per heavy atom. The lowest BCUT2D eigenvalue weighted by atomic mass is 9.95. The number of carbonyl (C=O) groups is 3. The van der Waals surface area contributed by atoms with Crippen LogP contribution in [0.25, 0.3) is 0 Å². The first-order valence-corrected chi connectivity index (χ1v) is 6.84. The van der Waals surface area contributed by atoms with Crippen molar-refractivity contribution in [3.05, 3.63) is 0 Å². The molecule has 0 bridgehead atoms. The molecule has 1 saturated heterocycles. The lowest BCUT2D eigenvalue weighted by Crippen LogP contribution is -2.68. The molecule has 1 heterocycles. The number of hydrogen-bond donors (Lipinski definition) is 7. The molecule has 0 saturated carbocycles. The number of carbonyl (C=O) groups excluding carboxylic acids is 2. The largest absolute Gasteiger partial charge is 0.480 e. The van der Waals surface area contributed by atoms with Crippen molar-refractivity contribution in [1.82, 2.24) is 10.6 Å². The van der Waals surface area contributed by atoms with Crippen LogP contribution in [0.3, 0.4) is 0 Å². The first kappa shape index (κ1) is 19.3. The summed E-state index contributed by atoms with van der Waals surface area (Å²) >= 11 is 0. The van der Waals surface area contributed by atoms with E-state index >= 15 is 0 Å². The predicted octanol–water partition coefficient (Wildman–Crippen LogP) is -4.15. The Balaban J connectivity index is 2.82. The molecule has 1 aliphatic rings. The number of aliphatic hydroxyl groups excluding tert-OH is 3. The highest BCUT2D eigenvalue weighted by Gasteiger charge is 2.45. The Morgan fingerprint density at radius 1 is 1.22 bits per heavy atom. The van der Waals surface area contributed by atoms with Crippen LogP contribution in [-0.2, 0) is 19.1 Å². The lowest BCUT2D eigenvalue weighted by Gasteiger charge is -2.42. The lowest BCUT2D eigenvalue weighted by molar-refractivity contribution is -0.203. The molecule has 8 N–H and O–H groups in total. The second kappa shape index (κ2) is 8.17. The highest BCUT2D eigenvalue weighted by Crippen LogP contribution is 2.20. The number of amides is 2. The molecule has 0 aromatic rings. The van der Waals surface area contributed by atoms with Crippen LogP contribution in [0.4, 0.5) is 0 Å². The maximum atomic E-state index is 11.8. The minimum Gasteiger partial charge on any atom is -0.480 e. The smallest absolute Gasteiger partial charge is 0.321 e. The van der Waals surface area contributed by atoms with Crippen molar-refractivity contribution < 1.29 is 39.5 Å². The Hall–Kier alpha value is -1.79. The predicted molar refractivity (Wildman–Crippen MR) is 73.7 cm³/mol. The van der Waals surface area contributed by atoms with Gasteiger partial charge in [-0.15, -0.1) is 0 Å². The van der Waals surface area contributed by atoms with Crippen molar-refractivity contribution in [3.63, 3.8) is 0 Å². The molecule has 0 radical (unpaired) electrons. The first-order chi connectivity index (χ1) is 10.7. The summed E-state index contributed by atoms with van der Waals surface area (Å²) in [6.07, 6.45) is -6.00. The van der Waals surface area contributed by atoms with Gasteiger partial charge in [-0.2, -0.15) is 0 Å². The number of carboxylic acids is 1. The molecule has 0 aromatic carbocycles. The molecule has 0 aromatic heterocycles. The summed E-state index contributed by atoms with van der Waals surface area (Å²) in [6, 6.07) is -2.61. The van der Waals surface area contributed by atoms with E-state index < -0.39 is 67.4 Å². The van der Waals surface area contributed by atoms with Crippen LogP contribution in [-0.4, -0.2) is 81.4 Å². The molecule has 1 fully saturated rings. The number of rotatable bonds is 6. The van der Waals surface area contributed by atoms with Crippen LogP contribution in [0.5, 0.6) is 0 Å². The minimum absolute atomic E-state index is 0.547. The Labute approximate surface area is 131 Å². The van der Waals surface area contributed by atoms with Gasteiger partial charge in [0.1, 0.15) is 30.4 Å². The fourth-order valence-electron chi connectivity index (χ4n) is 2.14. The van der Waals surface area contributed by atoms with Gasteiger partial charge in [-0.25, -0.2) is 0 Å². The van der Waals surface area contributed by atoms with Gasteiger partial charge in [0.05, 0.1) is 13.0 Å².